The zero-order chi connectivity index (χ0) is 20.6. The van der Waals surface area contributed by atoms with Gasteiger partial charge >= 0.3 is 6.03 Å². The lowest BCUT2D eigenvalue weighted by atomic mass is 10.1. The van der Waals surface area contributed by atoms with Crippen LogP contribution < -0.4 is 20.1 Å². The van der Waals surface area contributed by atoms with Gasteiger partial charge in [0.1, 0.15) is 13.2 Å². The van der Waals surface area contributed by atoms with Crippen LogP contribution in [0.2, 0.25) is 0 Å². The largest absolute Gasteiger partial charge is 0.486 e. The average Bonchev–Trinajstić information content (AvgIpc) is 2.72. The molecule has 3 amide bonds. The fraction of sp³-hybridized carbons (Fsp3) is 0.381. The van der Waals surface area contributed by atoms with Gasteiger partial charge in [-0.1, -0.05) is 19.4 Å². The summed E-state index contributed by atoms with van der Waals surface area (Å²) < 4.78 is 10.9. The lowest BCUT2D eigenvalue weighted by Crippen LogP contribution is -2.41. The van der Waals surface area contributed by atoms with E-state index >= 15 is 0 Å². The van der Waals surface area contributed by atoms with Gasteiger partial charge in [0.2, 0.25) is 5.91 Å². The van der Waals surface area contributed by atoms with Crippen molar-refractivity contribution in [2.45, 2.75) is 25.8 Å². The number of rotatable bonds is 7. The van der Waals surface area contributed by atoms with Crippen LogP contribution in [0.15, 0.2) is 42.6 Å². The van der Waals surface area contributed by atoms with Crippen LogP contribution in [0.5, 0.6) is 11.5 Å². The Bertz CT molecular complexity index is 844. The van der Waals surface area contributed by atoms with E-state index in [1.54, 1.807) is 24.4 Å². The van der Waals surface area contributed by atoms with E-state index in [1.807, 2.05) is 30.1 Å². The molecule has 0 spiro atoms. The second-order valence-electron chi connectivity index (χ2n) is 6.83. The summed E-state index contributed by atoms with van der Waals surface area (Å²) in [5.41, 5.74) is 1.43. The number of carbonyl (C=O) groups is 2. The first kappa shape index (κ1) is 20.6. The van der Waals surface area contributed by atoms with Crippen molar-refractivity contribution >= 4 is 17.6 Å². The van der Waals surface area contributed by atoms with Crippen molar-refractivity contribution in [1.29, 1.82) is 0 Å². The maximum Gasteiger partial charge on any atom is 0.325 e. The van der Waals surface area contributed by atoms with E-state index in [-0.39, 0.29) is 18.5 Å². The minimum Gasteiger partial charge on any atom is -0.486 e. The predicted molar refractivity (Wildman–Crippen MR) is 109 cm³/mol. The number of imide groups is 1. The van der Waals surface area contributed by atoms with Crippen LogP contribution in [0, 0.1) is 0 Å². The number of urea groups is 1. The molecule has 0 saturated heterocycles. The molecule has 8 heteroatoms. The number of benzene rings is 1. The lowest BCUT2D eigenvalue weighted by Gasteiger charge is -2.26. The van der Waals surface area contributed by atoms with Gasteiger partial charge in [0.15, 0.2) is 11.5 Å². The Hall–Kier alpha value is -3.13. The maximum atomic E-state index is 12.3. The quantitative estimate of drug-likeness (QED) is 0.745. The van der Waals surface area contributed by atoms with E-state index in [4.69, 9.17) is 9.47 Å². The molecule has 29 heavy (non-hydrogen) atoms. The number of ether oxygens (including phenoxy) is 2. The molecule has 1 aliphatic rings. The Morgan fingerprint density at radius 2 is 1.97 bits per heavy atom. The van der Waals surface area contributed by atoms with Crippen molar-refractivity contribution in [3.63, 3.8) is 0 Å². The highest BCUT2D eigenvalue weighted by molar-refractivity contribution is 6.01. The molecule has 3 rings (SSSR count). The van der Waals surface area contributed by atoms with Crippen LogP contribution in [-0.2, 0) is 4.79 Å². The second kappa shape index (κ2) is 9.88. The summed E-state index contributed by atoms with van der Waals surface area (Å²) in [5.74, 6) is 0.814. The van der Waals surface area contributed by atoms with E-state index in [0.717, 1.165) is 18.5 Å². The standard InChI is InChI=1S/C21H26N4O4/c1-3-6-17(16-7-4-5-10-22-16)25(2)14-20(26)24-21(27)23-15-8-9-18-19(13-15)29-12-11-28-18/h4-5,7-10,13,17H,3,6,11-12,14H2,1-2H3,(H2,23,24,26,27)/t17-/m1/s1. The van der Waals surface area contributed by atoms with Crippen LogP contribution in [0.1, 0.15) is 31.5 Å². The number of pyridine rings is 1. The van der Waals surface area contributed by atoms with Crippen LogP contribution in [0.25, 0.3) is 0 Å². The van der Waals surface area contributed by atoms with Crippen molar-refractivity contribution in [2.75, 3.05) is 32.1 Å². The summed E-state index contributed by atoms with van der Waals surface area (Å²) in [6, 6.07) is 10.2. The molecular weight excluding hydrogens is 372 g/mol. The normalized spacial score (nSPS) is 13.6. The van der Waals surface area contributed by atoms with Crippen molar-refractivity contribution in [3.05, 3.63) is 48.3 Å². The van der Waals surface area contributed by atoms with E-state index in [0.29, 0.717) is 30.4 Å². The molecule has 2 N–H and O–H groups in total. The monoisotopic (exact) mass is 398 g/mol. The smallest absolute Gasteiger partial charge is 0.325 e. The van der Waals surface area contributed by atoms with E-state index in [1.165, 1.54) is 0 Å². The fourth-order valence-electron chi connectivity index (χ4n) is 3.23. The Balaban J connectivity index is 1.54. The molecule has 1 atom stereocenters. The Labute approximate surface area is 170 Å². The van der Waals surface area contributed by atoms with Gasteiger partial charge in [-0.2, -0.15) is 0 Å². The highest BCUT2D eigenvalue weighted by Gasteiger charge is 2.21. The molecule has 0 fully saturated rings. The molecule has 0 bridgehead atoms. The second-order valence-corrected chi connectivity index (χ2v) is 6.83. The van der Waals surface area contributed by atoms with Gasteiger partial charge in [-0.25, -0.2) is 4.79 Å². The lowest BCUT2D eigenvalue weighted by molar-refractivity contribution is -0.121. The van der Waals surface area contributed by atoms with Gasteiger partial charge in [-0.15, -0.1) is 0 Å². The first-order valence-electron chi connectivity index (χ1n) is 9.68. The Kier molecular flexibility index (Phi) is 7.02. The van der Waals surface area contributed by atoms with E-state index < -0.39 is 6.03 Å². The molecule has 8 nitrogen and oxygen atoms in total. The average molecular weight is 398 g/mol. The number of nitrogens with zero attached hydrogens (tertiary/aromatic N) is 2. The third kappa shape index (κ3) is 5.68. The Morgan fingerprint density at radius 3 is 2.69 bits per heavy atom. The molecule has 0 radical (unpaired) electrons. The first-order chi connectivity index (χ1) is 14.1. The number of fused-ring (bicyclic) bond motifs is 1. The molecule has 0 aliphatic carbocycles. The summed E-state index contributed by atoms with van der Waals surface area (Å²) in [4.78, 5) is 30.8. The molecule has 0 saturated carbocycles. The molecule has 1 aliphatic heterocycles. The maximum absolute atomic E-state index is 12.3. The molecule has 2 heterocycles. The number of hydrogen-bond donors (Lipinski definition) is 2. The minimum atomic E-state index is -0.593. The zero-order valence-electron chi connectivity index (χ0n) is 16.7. The topological polar surface area (TPSA) is 92.8 Å². The summed E-state index contributed by atoms with van der Waals surface area (Å²) in [7, 11) is 1.85. The van der Waals surface area contributed by atoms with Crippen molar-refractivity contribution < 1.29 is 19.1 Å². The van der Waals surface area contributed by atoms with Crippen LogP contribution >= 0.6 is 0 Å². The highest BCUT2D eigenvalue weighted by atomic mass is 16.6. The van der Waals surface area contributed by atoms with Crippen molar-refractivity contribution in [2.24, 2.45) is 0 Å². The van der Waals surface area contributed by atoms with E-state index in [2.05, 4.69) is 22.5 Å². The number of aromatic nitrogens is 1. The van der Waals surface area contributed by atoms with Gasteiger partial charge in [0, 0.05) is 18.0 Å². The fourth-order valence-corrected chi connectivity index (χ4v) is 3.23. The van der Waals surface area contributed by atoms with Gasteiger partial charge in [-0.3, -0.25) is 20.0 Å². The molecular formula is C21H26N4O4. The molecule has 0 unspecified atom stereocenters. The number of carbonyl (C=O) groups excluding carboxylic acids is 2. The number of hydrogen-bond acceptors (Lipinski definition) is 6. The van der Waals surface area contributed by atoms with Gasteiger partial charge in [-0.05, 0) is 37.7 Å². The SMILES string of the molecule is CCC[C@H](c1ccccn1)N(C)CC(=O)NC(=O)Nc1ccc2c(c1)OCCO2. The number of anilines is 1. The summed E-state index contributed by atoms with van der Waals surface area (Å²) in [5, 5.41) is 5.01. The summed E-state index contributed by atoms with van der Waals surface area (Å²) in [6.45, 7) is 3.13. The number of amides is 3. The van der Waals surface area contributed by atoms with Gasteiger partial charge in [0.25, 0.3) is 0 Å². The van der Waals surface area contributed by atoms with Crippen molar-refractivity contribution in [1.82, 2.24) is 15.2 Å². The summed E-state index contributed by atoms with van der Waals surface area (Å²) in [6.07, 6.45) is 3.56. The van der Waals surface area contributed by atoms with E-state index in [9.17, 15) is 9.59 Å². The molecule has 1 aromatic heterocycles. The number of nitrogens with one attached hydrogen (secondary N) is 2. The molecule has 2 aromatic rings. The first-order valence-corrected chi connectivity index (χ1v) is 9.68. The predicted octanol–water partition coefficient (Wildman–Crippen LogP) is 2.97. The third-order valence-electron chi connectivity index (χ3n) is 4.57. The highest BCUT2D eigenvalue weighted by Crippen LogP contribution is 2.32. The molecule has 1 aromatic carbocycles. The van der Waals surface area contributed by atoms with Crippen LogP contribution in [0.4, 0.5) is 10.5 Å². The van der Waals surface area contributed by atoms with Gasteiger partial charge < -0.3 is 14.8 Å². The minimum absolute atomic E-state index is 0.00723. The van der Waals surface area contributed by atoms with Crippen LogP contribution in [0.3, 0.4) is 0 Å². The zero-order valence-corrected chi connectivity index (χ0v) is 16.7. The van der Waals surface area contributed by atoms with Crippen LogP contribution in [-0.4, -0.2) is 48.6 Å². The Morgan fingerprint density at radius 1 is 1.17 bits per heavy atom. The number of likely N-dealkylation sites (N-methyl/N-ethyl adjacent to an activating group) is 1. The van der Waals surface area contributed by atoms with Crippen molar-refractivity contribution in [3.8, 4) is 11.5 Å². The molecule has 154 valence electrons. The summed E-state index contributed by atoms with van der Waals surface area (Å²) >= 11 is 0. The third-order valence-corrected chi connectivity index (χ3v) is 4.57. The van der Waals surface area contributed by atoms with Gasteiger partial charge in [0.05, 0.1) is 18.3 Å².